The molecule has 0 atom stereocenters. The van der Waals surface area contributed by atoms with Crippen LogP contribution in [0.25, 0.3) is 0 Å². The van der Waals surface area contributed by atoms with Gasteiger partial charge in [-0.2, -0.15) is 0 Å². The summed E-state index contributed by atoms with van der Waals surface area (Å²) in [7, 11) is 0. The van der Waals surface area contributed by atoms with Crippen molar-refractivity contribution in [2.45, 2.75) is 32.1 Å². The molecule has 0 radical (unpaired) electrons. The van der Waals surface area contributed by atoms with Gasteiger partial charge >= 0.3 is 0 Å². The first-order chi connectivity index (χ1) is 8.41. The summed E-state index contributed by atoms with van der Waals surface area (Å²) < 4.78 is 0. The molecule has 0 aliphatic rings. The molecule has 4 heteroatoms. The zero-order valence-corrected chi connectivity index (χ0v) is 13.2. The summed E-state index contributed by atoms with van der Waals surface area (Å²) in [6.45, 7) is 7.61. The van der Waals surface area contributed by atoms with Gasteiger partial charge in [-0.05, 0) is 30.2 Å². The molecule has 100 valence electrons. The molecule has 3 N–H and O–H groups in total. The first-order valence-corrected chi connectivity index (χ1v) is 7.75. The van der Waals surface area contributed by atoms with Gasteiger partial charge in [-0.15, -0.1) is 11.8 Å². The fourth-order valence-corrected chi connectivity index (χ4v) is 2.49. The maximum atomic E-state index is 5.84. The van der Waals surface area contributed by atoms with Gasteiger partial charge in [0.1, 0.15) is 4.99 Å². The number of benzene rings is 1. The Bertz CT molecular complexity index is 428. The van der Waals surface area contributed by atoms with Crippen molar-refractivity contribution < 1.29 is 0 Å². The van der Waals surface area contributed by atoms with Crippen LogP contribution in [-0.2, 0) is 0 Å². The average Bonchev–Trinajstić information content (AvgIpc) is 2.35. The number of hydrogen-bond donors (Lipinski definition) is 2. The summed E-state index contributed by atoms with van der Waals surface area (Å²) in [5.41, 5.74) is 8.11. The lowest BCUT2D eigenvalue weighted by Crippen LogP contribution is -2.24. The van der Waals surface area contributed by atoms with Crippen LogP contribution in [0.2, 0.25) is 0 Å². The first kappa shape index (κ1) is 15.3. The Kier molecular flexibility index (Phi) is 5.47. The van der Waals surface area contributed by atoms with Crippen LogP contribution < -0.4 is 11.1 Å². The van der Waals surface area contributed by atoms with Crippen LogP contribution in [0.5, 0.6) is 0 Å². The molecule has 0 saturated heterocycles. The minimum absolute atomic E-state index is 0.267. The summed E-state index contributed by atoms with van der Waals surface area (Å²) in [5.74, 6) is 0. The van der Waals surface area contributed by atoms with Gasteiger partial charge in [0.2, 0.25) is 0 Å². The van der Waals surface area contributed by atoms with Crippen LogP contribution in [0.3, 0.4) is 0 Å². The monoisotopic (exact) mass is 282 g/mol. The number of nitrogens with one attached hydrogen (secondary N) is 1. The molecular weight excluding hydrogens is 260 g/mol. The molecular formula is C14H22N2S2. The van der Waals surface area contributed by atoms with Crippen molar-refractivity contribution in [2.24, 2.45) is 11.1 Å². The lowest BCUT2D eigenvalue weighted by molar-refractivity contribution is 0.377. The number of anilines is 1. The Hall–Kier alpha value is -0.740. The molecule has 0 spiro atoms. The Morgan fingerprint density at radius 2 is 2.11 bits per heavy atom. The van der Waals surface area contributed by atoms with Crippen LogP contribution in [0, 0.1) is 5.41 Å². The Balaban J connectivity index is 2.99. The Morgan fingerprint density at radius 3 is 2.61 bits per heavy atom. The van der Waals surface area contributed by atoms with E-state index >= 15 is 0 Å². The molecule has 0 amide bonds. The average molecular weight is 282 g/mol. The van der Waals surface area contributed by atoms with E-state index in [4.69, 9.17) is 18.0 Å². The summed E-state index contributed by atoms with van der Waals surface area (Å²) in [6, 6.07) is 6.13. The van der Waals surface area contributed by atoms with Crippen LogP contribution in [0.1, 0.15) is 32.8 Å². The number of hydrogen-bond acceptors (Lipinski definition) is 3. The summed E-state index contributed by atoms with van der Waals surface area (Å²) in [5, 5.41) is 3.48. The third-order valence-electron chi connectivity index (χ3n) is 3.21. The van der Waals surface area contributed by atoms with E-state index in [2.05, 4.69) is 32.2 Å². The van der Waals surface area contributed by atoms with Crippen molar-refractivity contribution in [3.63, 3.8) is 0 Å². The fraction of sp³-hybridized carbons (Fsp3) is 0.500. The third kappa shape index (κ3) is 3.89. The van der Waals surface area contributed by atoms with E-state index in [0.29, 0.717) is 4.99 Å². The minimum atomic E-state index is 0.267. The van der Waals surface area contributed by atoms with Crippen LogP contribution in [-0.4, -0.2) is 17.8 Å². The number of rotatable bonds is 6. The molecule has 0 unspecified atom stereocenters. The van der Waals surface area contributed by atoms with Crippen molar-refractivity contribution in [1.82, 2.24) is 0 Å². The van der Waals surface area contributed by atoms with Crippen molar-refractivity contribution in [3.05, 3.63) is 23.8 Å². The van der Waals surface area contributed by atoms with E-state index in [1.807, 2.05) is 18.4 Å². The van der Waals surface area contributed by atoms with E-state index in [1.165, 1.54) is 0 Å². The molecule has 0 aliphatic carbocycles. The van der Waals surface area contributed by atoms with Gasteiger partial charge in [-0.3, -0.25) is 0 Å². The Morgan fingerprint density at radius 1 is 1.44 bits per heavy atom. The predicted octanol–water partition coefficient (Wildman–Crippen LogP) is 3.89. The standard InChI is InChI=1S/C14H22N2S2/c1-5-14(2,3)9-16-10-7-6-8-11(18-4)12(10)13(15)17/h6-8,16H,5,9H2,1-4H3,(H2,15,17). The highest BCUT2D eigenvalue weighted by Crippen LogP contribution is 2.28. The molecule has 1 rings (SSSR count). The molecule has 0 bridgehead atoms. The summed E-state index contributed by atoms with van der Waals surface area (Å²) >= 11 is 6.83. The normalized spacial score (nSPS) is 11.3. The highest BCUT2D eigenvalue weighted by Gasteiger charge is 2.16. The zero-order chi connectivity index (χ0) is 13.8. The molecule has 0 aliphatic heterocycles. The van der Waals surface area contributed by atoms with Crippen LogP contribution in [0.4, 0.5) is 5.69 Å². The van der Waals surface area contributed by atoms with E-state index < -0.39 is 0 Å². The molecule has 2 nitrogen and oxygen atoms in total. The molecule has 0 fully saturated rings. The van der Waals surface area contributed by atoms with Gasteiger partial charge in [0.15, 0.2) is 0 Å². The minimum Gasteiger partial charge on any atom is -0.389 e. The van der Waals surface area contributed by atoms with Gasteiger partial charge < -0.3 is 11.1 Å². The van der Waals surface area contributed by atoms with Gasteiger partial charge in [0.05, 0.1) is 0 Å². The van der Waals surface area contributed by atoms with E-state index in [0.717, 1.165) is 29.1 Å². The molecule has 1 aromatic carbocycles. The quantitative estimate of drug-likeness (QED) is 0.613. The highest BCUT2D eigenvalue weighted by atomic mass is 32.2. The lowest BCUT2D eigenvalue weighted by Gasteiger charge is -2.25. The highest BCUT2D eigenvalue weighted by molar-refractivity contribution is 7.98. The summed E-state index contributed by atoms with van der Waals surface area (Å²) in [6.07, 6.45) is 3.17. The lowest BCUT2D eigenvalue weighted by atomic mass is 9.90. The molecule has 0 saturated carbocycles. The fourth-order valence-electron chi connectivity index (χ4n) is 1.56. The van der Waals surface area contributed by atoms with Crippen LogP contribution in [0.15, 0.2) is 23.1 Å². The molecule has 0 heterocycles. The van der Waals surface area contributed by atoms with E-state index in [-0.39, 0.29) is 5.41 Å². The number of thiocarbonyl (C=S) groups is 1. The maximum absolute atomic E-state index is 5.84. The van der Waals surface area contributed by atoms with Crippen molar-refractivity contribution in [1.29, 1.82) is 0 Å². The van der Waals surface area contributed by atoms with E-state index in [1.54, 1.807) is 11.8 Å². The number of nitrogens with two attached hydrogens (primary N) is 1. The summed E-state index contributed by atoms with van der Waals surface area (Å²) in [4.78, 5) is 1.58. The van der Waals surface area contributed by atoms with E-state index in [9.17, 15) is 0 Å². The van der Waals surface area contributed by atoms with Crippen molar-refractivity contribution in [2.75, 3.05) is 18.1 Å². The SMILES string of the molecule is CCC(C)(C)CNc1cccc(SC)c1C(N)=S. The molecule has 0 aromatic heterocycles. The first-order valence-electron chi connectivity index (χ1n) is 6.12. The predicted molar refractivity (Wildman–Crippen MR) is 86.7 cm³/mol. The number of thioether (sulfide) groups is 1. The van der Waals surface area contributed by atoms with Gasteiger partial charge in [0, 0.05) is 22.7 Å². The van der Waals surface area contributed by atoms with Crippen LogP contribution >= 0.6 is 24.0 Å². The van der Waals surface area contributed by atoms with Gasteiger partial charge in [-0.1, -0.05) is 39.1 Å². The second kappa shape index (κ2) is 6.43. The van der Waals surface area contributed by atoms with Crippen molar-refractivity contribution >= 4 is 34.7 Å². The molecule has 18 heavy (non-hydrogen) atoms. The smallest absolute Gasteiger partial charge is 0.107 e. The molecule has 1 aromatic rings. The second-order valence-corrected chi connectivity index (χ2v) is 6.41. The topological polar surface area (TPSA) is 38.0 Å². The zero-order valence-electron chi connectivity index (χ0n) is 11.5. The third-order valence-corrected chi connectivity index (χ3v) is 4.19. The van der Waals surface area contributed by atoms with Gasteiger partial charge in [-0.25, -0.2) is 0 Å². The van der Waals surface area contributed by atoms with Gasteiger partial charge in [0.25, 0.3) is 0 Å². The Labute approximate surface area is 120 Å². The maximum Gasteiger partial charge on any atom is 0.107 e. The second-order valence-electron chi connectivity index (χ2n) is 5.12. The van der Waals surface area contributed by atoms with Crippen molar-refractivity contribution in [3.8, 4) is 0 Å². The largest absolute Gasteiger partial charge is 0.389 e.